The van der Waals surface area contributed by atoms with Crippen molar-refractivity contribution in [2.75, 3.05) is 11.9 Å². The smallest absolute Gasteiger partial charge is 0.256 e. The van der Waals surface area contributed by atoms with Crippen molar-refractivity contribution >= 4 is 33.4 Å². The number of H-pyrrole nitrogens is 1. The van der Waals surface area contributed by atoms with Crippen LogP contribution in [0.3, 0.4) is 0 Å². The topological polar surface area (TPSA) is 65.2 Å². The fourth-order valence-electron chi connectivity index (χ4n) is 4.94. The van der Waals surface area contributed by atoms with Gasteiger partial charge in [0.15, 0.2) is 0 Å². The maximum atomic E-state index is 13.9. The van der Waals surface area contributed by atoms with Crippen LogP contribution in [-0.2, 0) is 4.79 Å². The summed E-state index contributed by atoms with van der Waals surface area (Å²) in [6.07, 6.45) is 6.42. The molecule has 1 saturated carbocycles. The second-order valence-corrected chi connectivity index (χ2v) is 9.23. The van der Waals surface area contributed by atoms with Crippen molar-refractivity contribution in [1.82, 2.24) is 9.88 Å². The minimum atomic E-state index is -0.369. The van der Waals surface area contributed by atoms with E-state index in [0.717, 1.165) is 39.8 Å². The van der Waals surface area contributed by atoms with Gasteiger partial charge >= 0.3 is 0 Å². The average molecular weight is 478 g/mol. The highest BCUT2D eigenvalue weighted by Crippen LogP contribution is 2.40. The second-order valence-electron chi connectivity index (χ2n) is 8.31. The summed E-state index contributed by atoms with van der Waals surface area (Å²) >= 11 is 3.56. The molecule has 2 aromatic carbocycles. The monoisotopic (exact) mass is 477 g/mol. The molecule has 1 aliphatic carbocycles. The third-order valence-electron chi connectivity index (χ3n) is 6.36. The van der Waals surface area contributed by atoms with Crippen LogP contribution in [0.5, 0.6) is 0 Å². The van der Waals surface area contributed by atoms with Crippen molar-refractivity contribution in [3.63, 3.8) is 0 Å². The Balaban J connectivity index is 1.63. The minimum Gasteiger partial charge on any atom is -0.364 e. The number of nitrogens with zero attached hydrogens (tertiary/aromatic N) is 1. The van der Waals surface area contributed by atoms with E-state index in [1.165, 1.54) is 12.8 Å². The molecular formula is C25H24BrN3O2. The van der Waals surface area contributed by atoms with Crippen LogP contribution in [-0.4, -0.2) is 28.2 Å². The first-order valence-electron chi connectivity index (χ1n) is 10.7. The molecule has 158 valence electrons. The van der Waals surface area contributed by atoms with Crippen LogP contribution in [0, 0.1) is 0 Å². The van der Waals surface area contributed by atoms with Crippen LogP contribution >= 0.6 is 15.9 Å². The Labute approximate surface area is 190 Å². The molecule has 3 aromatic rings. The van der Waals surface area contributed by atoms with E-state index in [2.05, 4.69) is 26.2 Å². The van der Waals surface area contributed by atoms with Gasteiger partial charge in [-0.15, -0.1) is 0 Å². The van der Waals surface area contributed by atoms with Crippen LogP contribution in [0.15, 0.2) is 65.3 Å². The number of fused-ring (bicyclic) bond motifs is 1. The molecule has 2 N–H and O–H groups in total. The summed E-state index contributed by atoms with van der Waals surface area (Å²) < 4.78 is 0.906. The zero-order valence-corrected chi connectivity index (χ0v) is 18.7. The maximum Gasteiger partial charge on any atom is 0.256 e. The van der Waals surface area contributed by atoms with Crippen LogP contribution < -0.4 is 5.32 Å². The van der Waals surface area contributed by atoms with Gasteiger partial charge in [0.1, 0.15) is 6.54 Å². The SMILES string of the molecule is O=C1CN(C(=O)c2cc[nH]c2C2CCCC2)C(c2ccccc2)c2cc(Br)ccc2N1. The molecule has 5 nitrogen and oxygen atoms in total. The fourth-order valence-corrected chi connectivity index (χ4v) is 5.32. The van der Waals surface area contributed by atoms with E-state index >= 15 is 0 Å². The highest BCUT2D eigenvalue weighted by molar-refractivity contribution is 9.10. The predicted molar refractivity (Wildman–Crippen MR) is 124 cm³/mol. The van der Waals surface area contributed by atoms with Crippen molar-refractivity contribution in [2.45, 2.75) is 37.6 Å². The number of carbonyl (C=O) groups is 2. The summed E-state index contributed by atoms with van der Waals surface area (Å²) in [5.74, 6) is 0.0830. The summed E-state index contributed by atoms with van der Waals surface area (Å²) in [4.78, 5) is 31.8. The van der Waals surface area contributed by atoms with Crippen molar-refractivity contribution in [3.8, 4) is 0 Å². The Kier molecular flexibility index (Phi) is 5.40. The standard InChI is InChI=1S/C25H24BrN3O2/c26-18-10-11-21-20(14-18)24(17-8-2-1-3-9-17)29(15-22(30)28-21)25(31)19-12-13-27-23(19)16-6-4-5-7-16/h1-3,8-14,16,24,27H,4-7,15H2,(H,28,30). The lowest BCUT2D eigenvalue weighted by molar-refractivity contribution is -0.117. The lowest BCUT2D eigenvalue weighted by Crippen LogP contribution is -2.39. The number of hydrogen-bond donors (Lipinski definition) is 2. The number of benzene rings is 2. The van der Waals surface area contributed by atoms with Crippen LogP contribution in [0.2, 0.25) is 0 Å². The molecular weight excluding hydrogens is 454 g/mol. The number of rotatable bonds is 3. The van der Waals surface area contributed by atoms with E-state index in [-0.39, 0.29) is 24.4 Å². The van der Waals surface area contributed by atoms with Gasteiger partial charge in [-0.1, -0.05) is 59.1 Å². The van der Waals surface area contributed by atoms with Gasteiger partial charge < -0.3 is 15.2 Å². The van der Waals surface area contributed by atoms with Gasteiger partial charge in [0.2, 0.25) is 5.91 Å². The molecule has 2 heterocycles. The Morgan fingerprint density at radius 2 is 1.81 bits per heavy atom. The largest absolute Gasteiger partial charge is 0.364 e. The predicted octanol–water partition coefficient (Wildman–Crippen LogP) is 5.62. The number of aromatic nitrogens is 1. The zero-order chi connectivity index (χ0) is 21.4. The van der Waals surface area contributed by atoms with E-state index in [1.54, 1.807) is 4.90 Å². The summed E-state index contributed by atoms with van der Waals surface area (Å²) in [7, 11) is 0. The molecule has 2 amide bonds. The first kappa shape index (κ1) is 20.1. The molecule has 31 heavy (non-hydrogen) atoms. The normalized spacial score (nSPS) is 19.1. The number of aromatic amines is 1. The van der Waals surface area contributed by atoms with Gasteiger partial charge in [0.05, 0.1) is 11.6 Å². The molecule has 0 saturated heterocycles. The van der Waals surface area contributed by atoms with Gasteiger partial charge in [0, 0.05) is 27.6 Å². The van der Waals surface area contributed by atoms with Gasteiger partial charge in [-0.25, -0.2) is 0 Å². The third kappa shape index (κ3) is 3.81. The van der Waals surface area contributed by atoms with Crippen LogP contribution in [0.4, 0.5) is 5.69 Å². The van der Waals surface area contributed by atoms with Crippen molar-refractivity contribution in [3.05, 3.63) is 87.7 Å². The summed E-state index contributed by atoms with van der Waals surface area (Å²) in [5.41, 5.74) is 4.30. The summed E-state index contributed by atoms with van der Waals surface area (Å²) in [6, 6.07) is 17.2. The Morgan fingerprint density at radius 1 is 1.03 bits per heavy atom. The van der Waals surface area contributed by atoms with E-state index in [9.17, 15) is 9.59 Å². The van der Waals surface area contributed by atoms with Crippen LogP contribution in [0.25, 0.3) is 0 Å². The van der Waals surface area contributed by atoms with Gasteiger partial charge in [0.25, 0.3) is 5.91 Å². The molecule has 0 bridgehead atoms. The molecule has 0 radical (unpaired) electrons. The van der Waals surface area contributed by atoms with E-state index in [0.29, 0.717) is 11.5 Å². The van der Waals surface area contributed by atoms with Gasteiger partial charge in [-0.05, 0) is 48.6 Å². The Hall–Kier alpha value is -2.86. The summed E-state index contributed by atoms with van der Waals surface area (Å²) in [5, 5.41) is 2.99. The number of anilines is 1. The molecule has 1 unspecified atom stereocenters. The van der Waals surface area contributed by atoms with Crippen LogP contribution in [0.1, 0.15) is 64.8 Å². The molecule has 6 heteroatoms. The zero-order valence-electron chi connectivity index (χ0n) is 17.1. The highest BCUT2D eigenvalue weighted by atomic mass is 79.9. The van der Waals surface area contributed by atoms with E-state index in [1.807, 2.05) is 60.8 Å². The average Bonchev–Trinajstić information content (AvgIpc) is 3.44. The summed E-state index contributed by atoms with van der Waals surface area (Å²) in [6.45, 7) is -0.0000198. The van der Waals surface area contributed by atoms with Gasteiger partial charge in [-0.3, -0.25) is 9.59 Å². The van der Waals surface area contributed by atoms with Crippen molar-refractivity contribution < 1.29 is 9.59 Å². The number of halogens is 1. The molecule has 1 aliphatic heterocycles. The fraction of sp³-hybridized carbons (Fsp3) is 0.280. The maximum absolute atomic E-state index is 13.9. The number of nitrogens with one attached hydrogen (secondary N) is 2. The van der Waals surface area contributed by atoms with Crippen molar-refractivity contribution in [1.29, 1.82) is 0 Å². The Bertz CT molecular complexity index is 1120. The molecule has 1 atom stereocenters. The highest BCUT2D eigenvalue weighted by Gasteiger charge is 2.36. The minimum absolute atomic E-state index is 0.0000198. The second kappa shape index (κ2) is 8.35. The van der Waals surface area contributed by atoms with E-state index in [4.69, 9.17) is 0 Å². The first-order valence-corrected chi connectivity index (χ1v) is 11.5. The van der Waals surface area contributed by atoms with Crippen molar-refractivity contribution in [2.24, 2.45) is 0 Å². The van der Waals surface area contributed by atoms with E-state index < -0.39 is 0 Å². The molecule has 1 fully saturated rings. The number of hydrogen-bond acceptors (Lipinski definition) is 2. The number of carbonyl (C=O) groups excluding carboxylic acids is 2. The number of amides is 2. The third-order valence-corrected chi connectivity index (χ3v) is 6.85. The molecule has 0 spiro atoms. The quantitative estimate of drug-likeness (QED) is 0.514. The molecule has 2 aliphatic rings. The lowest BCUT2D eigenvalue weighted by Gasteiger charge is -2.31. The lowest BCUT2D eigenvalue weighted by atomic mass is 9.94. The van der Waals surface area contributed by atoms with Gasteiger partial charge in [-0.2, -0.15) is 0 Å². The molecule has 5 rings (SSSR count). The molecule has 1 aromatic heterocycles. The Morgan fingerprint density at radius 3 is 2.58 bits per heavy atom. The first-order chi connectivity index (χ1) is 15.1.